The van der Waals surface area contributed by atoms with E-state index in [1.165, 1.54) is 24.5 Å². The van der Waals surface area contributed by atoms with E-state index >= 15 is 0 Å². The van der Waals surface area contributed by atoms with Gasteiger partial charge >= 0.3 is 12.3 Å². The van der Waals surface area contributed by atoms with Gasteiger partial charge in [0, 0.05) is 18.1 Å². The molecular formula is C15H10F3N5O2S. The van der Waals surface area contributed by atoms with Crippen LogP contribution in [-0.4, -0.2) is 26.2 Å². The third-order valence-electron chi connectivity index (χ3n) is 3.07. The topological polar surface area (TPSA) is 100 Å². The molecule has 0 fully saturated rings. The van der Waals surface area contributed by atoms with Gasteiger partial charge in [0.15, 0.2) is 5.13 Å². The van der Waals surface area contributed by atoms with E-state index in [1.54, 1.807) is 6.07 Å². The second kappa shape index (κ2) is 6.96. The quantitative estimate of drug-likeness (QED) is 0.617. The molecular weight excluding hydrogens is 371 g/mol. The first-order valence-electron chi connectivity index (χ1n) is 7.05. The van der Waals surface area contributed by atoms with Crippen LogP contribution in [0.3, 0.4) is 0 Å². The molecule has 0 atom stereocenters. The van der Waals surface area contributed by atoms with Crippen LogP contribution >= 0.6 is 11.3 Å². The van der Waals surface area contributed by atoms with E-state index < -0.39 is 17.8 Å². The van der Waals surface area contributed by atoms with Gasteiger partial charge in [-0.1, -0.05) is 17.4 Å². The number of alkyl halides is 3. The number of hydrogen-bond donors (Lipinski definition) is 3. The molecule has 1 aromatic carbocycles. The summed E-state index contributed by atoms with van der Waals surface area (Å²) >= 11 is 1.07. The number of carbonyl (C=O) groups is 1. The summed E-state index contributed by atoms with van der Waals surface area (Å²) in [4.78, 5) is 23.3. The summed E-state index contributed by atoms with van der Waals surface area (Å²) in [7, 11) is 0. The van der Waals surface area contributed by atoms with Crippen LogP contribution in [-0.2, 0) is 6.18 Å². The van der Waals surface area contributed by atoms with E-state index in [4.69, 9.17) is 5.11 Å². The average molecular weight is 381 g/mol. The van der Waals surface area contributed by atoms with Crippen molar-refractivity contribution in [2.24, 2.45) is 0 Å². The zero-order valence-electron chi connectivity index (χ0n) is 12.8. The SMILES string of the molecule is O=C(O)Nc1ncc(-c2ccnc(Nc3cccc(C(F)(F)F)c3)n2)s1. The van der Waals surface area contributed by atoms with Gasteiger partial charge in [0.2, 0.25) is 5.95 Å². The number of amides is 1. The highest BCUT2D eigenvalue weighted by atomic mass is 32.1. The molecule has 26 heavy (non-hydrogen) atoms. The van der Waals surface area contributed by atoms with Crippen molar-refractivity contribution in [2.45, 2.75) is 6.18 Å². The molecule has 11 heteroatoms. The first kappa shape index (κ1) is 17.6. The van der Waals surface area contributed by atoms with E-state index in [0.717, 1.165) is 23.5 Å². The molecule has 7 nitrogen and oxygen atoms in total. The Morgan fingerprint density at radius 3 is 2.73 bits per heavy atom. The third-order valence-corrected chi connectivity index (χ3v) is 4.01. The lowest BCUT2D eigenvalue weighted by atomic mass is 10.2. The van der Waals surface area contributed by atoms with Crippen LogP contribution in [0, 0.1) is 0 Å². The fourth-order valence-corrected chi connectivity index (χ4v) is 2.78. The Morgan fingerprint density at radius 2 is 2.00 bits per heavy atom. The average Bonchev–Trinajstić information content (AvgIpc) is 3.02. The van der Waals surface area contributed by atoms with Gasteiger partial charge in [0.25, 0.3) is 0 Å². The molecule has 3 rings (SSSR count). The van der Waals surface area contributed by atoms with Gasteiger partial charge in [-0.3, -0.25) is 5.32 Å². The first-order valence-corrected chi connectivity index (χ1v) is 7.86. The molecule has 0 bridgehead atoms. The molecule has 0 aliphatic heterocycles. The Hall–Kier alpha value is -3.21. The van der Waals surface area contributed by atoms with E-state index in [1.807, 2.05) is 0 Å². The number of nitrogens with zero attached hydrogens (tertiary/aromatic N) is 3. The van der Waals surface area contributed by atoms with E-state index in [0.29, 0.717) is 10.6 Å². The highest BCUT2D eigenvalue weighted by Gasteiger charge is 2.30. The predicted molar refractivity (Wildman–Crippen MR) is 89.5 cm³/mol. The van der Waals surface area contributed by atoms with Gasteiger partial charge in [0.05, 0.1) is 16.1 Å². The molecule has 0 saturated heterocycles. The van der Waals surface area contributed by atoms with Crippen LogP contribution in [0.4, 0.5) is 34.7 Å². The lowest BCUT2D eigenvalue weighted by Gasteiger charge is -2.10. The molecule has 2 heterocycles. The first-order chi connectivity index (χ1) is 12.3. The summed E-state index contributed by atoms with van der Waals surface area (Å²) in [5, 5.41) is 13.7. The molecule has 0 unspecified atom stereocenters. The smallest absolute Gasteiger partial charge is 0.416 e. The minimum absolute atomic E-state index is 0.1000. The van der Waals surface area contributed by atoms with Crippen LogP contribution < -0.4 is 10.6 Å². The van der Waals surface area contributed by atoms with Crippen molar-refractivity contribution < 1.29 is 23.1 Å². The fourth-order valence-electron chi connectivity index (χ4n) is 2.00. The molecule has 1 amide bonds. The number of nitrogens with one attached hydrogen (secondary N) is 2. The van der Waals surface area contributed by atoms with Crippen LogP contribution in [0.5, 0.6) is 0 Å². The van der Waals surface area contributed by atoms with Crippen LogP contribution in [0.2, 0.25) is 0 Å². The minimum Gasteiger partial charge on any atom is -0.465 e. The maximum atomic E-state index is 12.8. The highest BCUT2D eigenvalue weighted by molar-refractivity contribution is 7.19. The van der Waals surface area contributed by atoms with Crippen molar-refractivity contribution >= 4 is 34.2 Å². The van der Waals surface area contributed by atoms with Crippen molar-refractivity contribution in [3.63, 3.8) is 0 Å². The van der Waals surface area contributed by atoms with E-state index in [-0.39, 0.29) is 16.8 Å². The monoisotopic (exact) mass is 381 g/mol. The maximum Gasteiger partial charge on any atom is 0.416 e. The molecule has 0 spiro atoms. The lowest BCUT2D eigenvalue weighted by molar-refractivity contribution is -0.137. The lowest BCUT2D eigenvalue weighted by Crippen LogP contribution is -2.06. The number of thiazole rings is 1. The summed E-state index contributed by atoms with van der Waals surface area (Å²) in [6, 6.07) is 6.25. The van der Waals surface area contributed by atoms with Gasteiger partial charge in [-0.2, -0.15) is 13.2 Å². The largest absolute Gasteiger partial charge is 0.465 e. The summed E-state index contributed by atoms with van der Waals surface area (Å²) in [5.41, 5.74) is -0.148. The zero-order chi connectivity index (χ0) is 18.7. The minimum atomic E-state index is -4.45. The Morgan fingerprint density at radius 1 is 1.19 bits per heavy atom. The van der Waals surface area contributed by atoms with E-state index in [9.17, 15) is 18.0 Å². The van der Waals surface area contributed by atoms with E-state index in [2.05, 4.69) is 25.6 Å². The molecule has 3 N–H and O–H groups in total. The summed E-state index contributed by atoms with van der Waals surface area (Å²) in [5.74, 6) is 0.1000. The van der Waals surface area contributed by atoms with Crippen molar-refractivity contribution in [3.8, 4) is 10.6 Å². The summed E-state index contributed by atoms with van der Waals surface area (Å²) in [6.07, 6.45) is -2.81. The molecule has 134 valence electrons. The Kier molecular flexibility index (Phi) is 4.71. The highest BCUT2D eigenvalue weighted by Crippen LogP contribution is 2.32. The summed E-state index contributed by atoms with van der Waals surface area (Å²) in [6.45, 7) is 0. The number of hydrogen-bond acceptors (Lipinski definition) is 6. The Bertz CT molecular complexity index is 945. The number of halogens is 3. The Balaban J connectivity index is 1.82. The normalized spacial score (nSPS) is 11.2. The Labute approximate surface area is 148 Å². The fraction of sp³-hybridized carbons (Fsp3) is 0.0667. The van der Waals surface area contributed by atoms with Crippen LogP contribution in [0.25, 0.3) is 10.6 Å². The molecule has 0 saturated carbocycles. The van der Waals surface area contributed by atoms with Crippen molar-refractivity contribution in [1.29, 1.82) is 0 Å². The second-order valence-corrected chi connectivity index (χ2v) is 5.96. The number of carboxylic acid groups (broad SMARTS) is 1. The number of benzene rings is 1. The number of anilines is 3. The van der Waals surface area contributed by atoms with Crippen LogP contribution in [0.15, 0.2) is 42.7 Å². The van der Waals surface area contributed by atoms with Crippen molar-refractivity contribution in [2.75, 3.05) is 10.6 Å². The second-order valence-electron chi connectivity index (χ2n) is 4.93. The molecule has 3 aromatic rings. The van der Waals surface area contributed by atoms with Gasteiger partial charge < -0.3 is 10.4 Å². The number of aromatic nitrogens is 3. The summed E-state index contributed by atoms with van der Waals surface area (Å²) < 4.78 is 38.3. The van der Waals surface area contributed by atoms with Gasteiger partial charge in [-0.05, 0) is 24.3 Å². The third kappa shape index (κ3) is 4.25. The predicted octanol–water partition coefficient (Wildman–Crippen LogP) is 4.45. The number of rotatable bonds is 4. The zero-order valence-corrected chi connectivity index (χ0v) is 13.6. The van der Waals surface area contributed by atoms with Gasteiger partial charge in [-0.15, -0.1) is 0 Å². The van der Waals surface area contributed by atoms with Gasteiger partial charge in [-0.25, -0.2) is 19.7 Å². The molecule has 0 aliphatic carbocycles. The molecule has 0 aliphatic rings. The van der Waals surface area contributed by atoms with Crippen molar-refractivity contribution in [1.82, 2.24) is 15.0 Å². The molecule has 2 aromatic heterocycles. The van der Waals surface area contributed by atoms with Crippen LogP contribution in [0.1, 0.15) is 5.56 Å². The maximum absolute atomic E-state index is 12.8. The van der Waals surface area contributed by atoms with Crippen molar-refractivity contribution in [3.05, 3.63) is 48.3 Å². The standard InChI is InChI=1S/C15H10F3N5O2S/c16-15(17,18)8-2-1-3-9(6-8)21-12-19-5-4-10(22-12)11-7-20-13(26-11)23-14(24)25/h1-7H,(H,20,23)(H,24,25)(H,19,21,22). The van der Waals surface area contributed by atoms with Gasteiger partial charge in [0.1, 0.15) is 0 Å². The molecule has 0 radical (unpaired) electrons.